The highest BCUT2D eigenvalue weighted by Gasteiger charge is 2.09. The molecule has 1 aromatic carbocycles. The second-order valence-electron chi connectivity index (χ2n) is 4.27. The zero-order valence-electron chi connectivity index (χ0n) is 10.9. The van der Waals surface area contributed by atoms with Gasteiger partial charge < -0.3 is 11.1 Å². The van der Waals surface area contributed by atoms with Crippen molar-refractivity contribution >= 4 is 32.4 Å². The number of hydrogen-bond donors (Lipinski definition) is 3. The van der Waals surface area contributed by atoms with Crippen molar-refractivity contribution in [2.45, 2.75) is 11.3 Å². The fourth-order valence-electron chi connectivity index (χ4n) is 1.65. The Morgan fingerprint density at radius 3 is 2.48 bits per heavy atom. The lowest BCUT2D eigenvalue weighted by atomic mass is 10.1. The molecule has 0 saturated heterocycles. The van der Waals surface area contributed by atoms with Crippen LogP contribution in [0.1, 0.15) is 16.1 Å². The first-order chi connectivity index (χ1) is 9.86. The van der Waals surface area contributed by atoms with Crippen LogP contribution in [0.3, 0.4) is 0 Å². The van der Waals surface area contributed by atoms with Crippen molar-refractivity contribution in [1.29, 1.82) is 0 Å². The molecule has 0 radical (unpaired) electrons. The first-order valence-corrected chi connectivity index (χ1v) is 8.40. The van der Waals surface area contributed by atoms with E-state index >= 15 is 0 Å². The summed E-state index contributed by atoms with van der Waals surface area (Å²) in [6.07, 6.45) is 0.566. The minimum Gasteiger partial charge on any atom is -0.375 e. The minimum absolute atomic E-state index is 0.0632. The normalized spacial score (nSPS) is 11.3. The van der Waals surface area contributed by atoms with Gasteiger partial charge in [0.05, 0.1) is 4.90 Å². The van der Waals surface area contributed by atoms with Gasteiger partial charge in [0, 0.05) is 11.9 Å². The summed E-state index contributed by atoms with van der Waals surface area (Å²) >= 11 is 1.20. The molecule has 5 N–H and O–H groups in total. The molecule has 2 aromatic rings. The number of primary sulfonamides is 1. The van der Waals surface area contributed by atoms with Crippen molar-refractivity contribution in [3.63, 3.8) is 0 Å². The Morgan fingerprint density at radius 2 is 1.95 bits per heavy atom. The van der Waals surface area contributed by atoms with Crippen LogP contribution in [0.4, 0.5) is 5.13 Å². The SMILES string of the molecule is Nc1nc(C(=O)NCCc2ccc(S(N)(=O)=O)cc2)cs1. The molecular formula is C12H14N4O3S2. The summed E-state index contributed by atoms with van der Waals surface area (Å²) in [4.78, 5) is 15.7. The van der Waals surface area contributed by atoms with E-state index in [1.165, 1.54) is 23.5 Å². The third kappa shape index (κ3) is 4.25. The summed E-state index contributed by atoms with van der Waals surface area (Å²) in [5, 5.41) is 9.66. The Hall–Kier alpha value is -1.97. The molecule has 1 heterocycles. The van der Waals surface area contributed by atoms with Crippen LogP contribution >= 0.6 is 11.3 Å². The monoisotopic (exact) mass is 326 g/mol. The molecule has 0 aliphatic rings. The van der Waals surface area contributed by atoms with Crippen molar-refractivity contribution in [1.82, 2.24) is 10.3 Å². The zero-order valence-corrected chi connectivity index (χ0v) is 12.6. The van der Waals surface area contributed by atoms with Crippen LogP contribution < -0.4 is 16.2 Å². The van der Waals surface area contributed by atoms with E-state index in [0.717, 1.165) is 5.56 Å². The van der Waals surface area contributed by atoms with Crippen molar-refractivity contribution < 1.29 is 13.2 Å². The largest absolute Gasteiger partial charge is 0.375 e. The highest BCUT2D eigenvalue weighted by atomic mass is 32.2. The number of rotatable bonds is 5. The molecule has 21 heavy (non-hydrogen) atoms. The molecule has 2 rings (SSSR count). The van der Waals surface area contributed by atoms with Crippen LogP contribution in [0.15, 0.2) is 34.5 Å². The highest BCUT2D eigenvalue weighted by molar-refractivity contribution is 7.89. The van der Waals surface area contributed by atoms with Crippen LogP contribution in [0.25, 0.3) is 0 Å². The number of hydrogen-bond acceptors (Lipinski definition) is 6. The number of anilines is 1. The Labute approximate surface area is 126 Å². The number of nitrogen functional groups attached to an aromatic ring is 1. The maximum Gasteiger partial charge on any atom is 0.270 e. The van der Waals surface area contributed by atoms with Gasteiger partial charge in [0.2, 0.25) is 10.0 Å². The number of thiazole rings is 1. The standard InChI is InChI=1S/C12H14N4O3S2/c13-12-16-10(7-20-12)11(17)15-6-5-8-1-3-9(4-2-8)21(14,18)19/h1-4,7H,5-6H2,(H2,13,16)(H,15,17)(H2,14,18,19). The minimum atomic E-state index is -3.68. The molecule has 1 amide bonds. The topological polar surface area (TPSA) is 128 Å². The molecule has 7 nitrogen and oxygen atoms in total. The molecule has 0 unspecified atom stereocenters. The predicted octanol–water partition coefficient (Wildman–Crippen LogP) is 0.345. The van der Waals surface area contributed by atoms with E-state index < -0.39 is 10.0 Å². The van der Waals surface area contributed by atoms with E-state index in [0.29, 0.717) is 23.8 Å². The average molecular weight is 326 g/mol. The van der Waals surface area contributed by atoms with Crippen molar-refractivity contribution in [2.75, 3.05) is 12.3 Å². The van der Waals surface area contributed by atoms with Gasteiger partial charge in [-0.15, -0.1) is 11.3 Å². The number of sulfonamides is 1. The maximum atomic E-state index is 11.7. The number of nitrogens with zero attached hydrogens (tertiary/aromatic N) is 1. The van der Waals surface area contributed by atoms with E-state index in [9.17, 15) is 13.2 Å². The maximum absolute atomic E-state index is 11.7. The second kappa shape index (κ2) is 6.20. The van der Waals surface area contributed by atoms with Gasteiger partial charge in [-0.1, -0.05) is 12.1 Å². The first-order valence-electron chi connectivity index (χ1n) is 5.97. The molecule has 0 aliphatic heterocycles. The van der Waals surface area contributed by atoms with Gasteiger partial charge in [-0.25, -0.2) is 18.5 Å². The average Bonchev–Trinajstić information content (AvgIpc) is 2.85. The van der Waals surface area contributed by atoms with E-state index in [-0.39, 0.29) is 10.8 Å². The summed E-state index contributed by atoms with van der Waals surface area (Å²) in [6, 6.07) is 6.20. The molecule has 112 valence electrons. The van der Waals surface area contributed by atoms with E-state index in [1.807, 2.05) is 0 Å². The fourth-order valence-corrected chi connectivity index (χ4v) is 2.71. The van der Waals surface area contributed by atoms with Crippen LogP contribution in [0.2, 0.25) is 0 Å². The van der Waals surface area contributed by atoms with Gasteiger partial charge in [0.15, 0.2) is 5.13 Å². The van der Waals surface area contributed by atoms with Crippen molar-refractivity contribution in [2.24, 2.45) is 5.14 Å². The molecule has 0 saturated carbocycles. The van der Waals surface area contributed by atoms with Crippen LogP contribution in [0.5, 0.6) is 0 Å². The van der Waals surface area contributed by atoms with Gasteiger partial charge in [-0.05, 0) is 24.1 Å². The molecule has 0 aliphatic carbocycles. The quantitative estimate of drug-likeness (QED) is 0.730. The summed E-state index contributed by atoms with van der Waals surface area (Å²) in [5.74, 6) is -0.288. The summed E-state index contributed by atoms with van der Waals surface area (Å²) in [5.41, 5.74) is 6.64. The van der Waals surface area contributed by atoms with E-state index in [4.69, 9.17) is 10.9 Å². The zero-order chi connectivity index (χ0) is 15.5. The molecule has 0 atom stereocenters. The second-order valence-corrected chi connectivity index (χ2v) is 6.72. The number of carbonyl (C=O) groups excluding carboxylic acids is 1. The first kappa shape index (κ1) is 15.4. The Bertz CT molecular complexity index is 738. The fraction of sp³-hybridized carbons (Fsp3) is 0.167. The van der Waals surface area contributed by atoms with Gasteiger partial charge >= 0.3 is 0 Å². The van der Waals surface area contributed by atoms with Gasteiger partial charge in [0.25, 0.3) is 5.91 Å². The molecular weight excluding hydrogens is 312 g/mol. The summed E-state index contributed by atoms with van der Waals surface area (Å²) in [6.45, 7) is 0.408. The number of amides is 1. The Balaban J connectivity index is 1.88. The lowest BCUT2D eigenvalue weighted by molar-refractivity contribution is 0.0950. The van der Waals surface area contributed by atoms with Crippen molar-refractivity contribution in [3.05, 3.63) is 40.9 Å². The Morgan fingerprint density at radius 1 is 1.29 bits per heavy atom. The lowest BCUT2D eigenvalue weighted by Crippen LogP contribution is -2.26. The third-order valence-electron chi connectivity index (χ3n) is 2.71. The smallest absolute Gasteiger partial charge is 0.270 e. The van der Waals surface area contributed by atoms with Crippen LogP contribution in [0, 0.1) is 0 Å². The molecule has 1 aromatic heterocycles. The number of aromatic nitrogens is 1. The van der Waals surface area contributed by atoms with Gasteiger partial charge in [-0.3, -0.25) is 4.79 Å². The highest BCUT2D eigenvalue weighted by Crippen LogP contribution is 2.11. The van der Waals surface area contributed by atoms with E-state index in [1.54, 1.807) is 17.5 Å². The molecule has 9 heteroatoms. The van der Waals surface area contributed by atoms with E-state index in [2.05, 4.69) is 10.3 Å². The van der Waals surface area contributed by atoms with Crippen LogP contribution in [-0.4, -0.2) is 25.9 Å². The lowest BCUT2D eigenvalue weighted by Gasteiger charge is -2.04. The van der Waals surface area contributed by atoms with Gasteiger partial charge in [0.1, 0.15) is 5.69 Å². The van der Waals surface area contributed by atoms with Gasteiger partial charge in [-0.2, -0.15) is 0 Å². The predicted molar refractivity (Wildman–Crippen MR) is 80.4 cm³/mol. The molecule has 0 bridgehead atoms. The number of nitrogens with two attached hydrogens (primary N) is 2. The summed E-state index contributed by atoms with van der Waals surface area (Å²) in [7, 11) is -3.68. The molecule has 0 fully saturated rings. The molecule has 0 spiro atoms. The van der Waals surface area contributed by atoms with Crippen molar-refractivity contribution in [3.8, 4) is 0 Å². The number of nitrogens with one attached hydrogen (secondary N) is 1. The summed E-state index contributed by atoms with van der Waals surface area (Å²) < 4.78 is 22.2. The Kier molecular flexibility index (Phi) is 4.56. The number of carbonyl (C=O) groups is 1. The van der Waals surface area contributed by atoms with Crippen LogP contribution in [-0.2, 0) is 16.4 Å². The third-order valence-corrected chi connectivity index (χ3v) is 4.31. The number of benzene rings is 1.